The van der Waals surface area contributed by atoms with Gasteiger partial charge in [-0.25, -0.2) is 4.79 Å². The zero-order chi connectivity index (χ0) is 39.3. The largest absolute Gasteiger partial charge is 0.444 e. The molecule has 1 aromatic rings. The van der Waals surface area contributed by atoms with E-state index in [0.717, 1.165) is 0 Å². The summed E-state index contributed by atoms with van der Waals surface area (Å²) < 4.78 is 5.42. The fourth-order valence-electron chi connectivity index (χ4n) is 6.67. The second-order valence-electron chi connectivity index (χ2n) is 16.5. The number of nitrogens with zero attached hydrogens (tertiary/aromatic N) is 2. The molecule has 1 aliphatic heterocycles. The monoisotopic (exact) mass is 724 g/mol. The number of likely N-dealkylation sites (tertiary alicyclic amines) is 1. The van der Waals surface area contributed by atoms with Crippen LogP contribution in [0.15, 0.2) is 43.0 Å². The number of ether oxygens (including phenoxy) is 1. The highest BCUT2D eigenvalue weighted by atomic mass is 16.6. The molecule has 1 aliphatic carbocycles. The quantitative estimate of drug-likeness (QED) is 0.167. The van der Waals surface area contributed by atoms with E-state index in [1.807, 2.05) is 13.8 Å². The Bertz CT molecular complexity index is 1540. The molecule has 286 valence electrons. The highest BCUT2D eigenvalue weighted by Gasteiger charge is 2.70. The molecule has 1 heterocycles. The second kappa shape index (κ2) is 16.3. The van der Waals surface area contributed by atoms with Gasteiger partial charge in [-0.15, -0.1) is 6.58 Å². The van der Waals surface area contributed by atoms with Crippen molar-refractivity contribution >= 4 is 41.4 Å². The van der Waals surface area contributed by atoms with Crippen LogP contribution in [0, 0.1) is 22.7 Å². The fraction of sp³-hybridized carbons (Fsp3) is 0.605. The van der Waals surface area contributed by atoms with E-state index in [2.05, 4.69) is 27.8 Å². The first-order valence-corrected chi connectivity index (χ1v) is 17.6. The van der Waals surface area contributed by atoms with Crippen LogP contribution in [-0.4, -0.2) is 102 Å². The zero-order valence-corrected chi connectivity index (χ0v) is 32.1. The van der Waals surface area contributed by atoms with Crippen molar-refractivity contribution in [2.75, 3.05) is 27.2 Å². The Kier molecular flexibility index (Phi) is 13.1. The number of allylic oxidation sites excluding steroid dienone is 1. The van der Waals surface area contributed by atoms with E-state index in [0.29, 0.717) is 5.56 Å². The summed E-state index contributed by atoms with van der Waals surface area (Å²) >= 11 is 0. The van der Waals surface area contributed by atoms with Gasteiger partial charge in [0, 0.05) is 20.6 Å². The molecule has 14 nitrogen and oxygen atoms in total. The van der Waals surface area contributed by atoms with Gasteiger partial charge in [-0.05, 0) is 61.8 Å². The molecule has 2 aliphatic rings. The number of fused-ring (bicyclic) bond motifs is 1. The number of piperidine rings is 1. The third-order valence-corrected chi connectivity index (χ3v) is 9.59. The highest BCUT2D eigenvalue weighted by molar-refractivity contribution is 6.38. The second-order valence-corrected chi connectivity index (χ2v) is 16.5. The summed E-state index contributed by atoms with van der Waals surface area (Å²) in [5.74, 6) is -4.42. The number of carbonyl (C=O) groups excluding carboxylic acids is 7. The first-order chi connectivity index (χ1) is 24.0. The van der Waals surface area contributed by atoms with Crippen molar-refractivity contribution in [1.82, 2.24) is 31.1 Å². The topological polar surface area (TPSA) is 183 Å². The molecule has 0 spiro atoms. The summed E-state index contributed by atoms with van der Waals surface area (Å²) in [6.45, 7) is 17.9. The Labute approximate surface area is 306 Å². The zero-order valence-electron chi connectivity index (χ0n) is 32.1. The van der Waals surface area contributed by atoms with Gasteiger partial charge in [0.05, 0.1) is 12.6 Å². The van der Waals surface area contributed by atoms with Gasteiger partial charge in [-0.3, -0.25) is 28.8 Å². The third kappa shape index (κ3) is 10.2. The van der Waals surface area contributed by atoms with Crippen LogP contribution in [-0.2, 0) is 33.5 Å². The van der Waals surface area contributed by atoms with E-state index < -0.39 is 77.2 Å². The van der Waals surface area contributed by atoms with Gasteiger partial charge >= 0.3 is 6.09 Å². The first-order valence-electron chi connectivity index (χ1n) is 17.6. The van der Waals surface area contributed by atoms with Gasteiger partial charge in [0.15, 0.2) is 0 Å². The molecule has 52 heavy (non-hydrogen) atoms. The molecule has 6 atom stereocenters. The highest BCUT2D eigenvalue weighted by Crippen LogP contribution is 2.65. The van der Waals surface area contributed by atoms with Gasteiger partial charge in [-0.2, -0.15) is 0 Å². The third-order valence-electron chi connectivity index (χ3n) is 9.59. The number of Topliss-reactive ketones (excluding diaryl/α,β-unsaturated/α-hetero) is 1. The molecule has 1 saturated carbocycles. The number of likely N-dealkylation sites (N-methyl/N-ethyl adjacent to an activating group) is 1. The summed E-state index contributed by atoms with van der Waals surface area (Å²) in [5, 5.41) is 10.3. The number of hydrogen-bond donors (Lipinski definition) is 4. The number of amides is 6. The van der Waals surface area contributed by atoms with Gasteiger partial charge in [0.25, 0.3) is 5.91 Å². The average Bonchev–Trinajstić information content (AvgIpc) is 3.35. The van der Waals surface area contributed by atoms with Gasteiger partial charge in [0.1, 0.15) is 23.7 Å². The molecule has 1 aromatic carbocycles. The number of rotatable bonds is 14. The molecule has 14 heteroatoms. The SMILES string of the molecule is C=CCCC(NC(=O)[C@@H]1[C@@H]2C(CN1C(=O)[C@@H](NC(=O)OC(C)(C)C)C(C)(C)C)C2(C)C)C(=O)C(=O)NCC(=O)N[C@H](C(=O)N(C)C)c1ccccc1. The minimum atomic E-state index is -1.28. The summed E-state index contributed by atoms with van der Waals surface area (Å²) in [4.78, 5) is 96.0. The van der Waals surface area contributed by atoms with Crippen LogP contribution in [0.4, 0.5) is 4.79 Å². The number of benzene rings is 1. The Hall–Kier alpha value is -4.75. The van der Waals surface area contributed by atoms with Crippen molar-refractivity contribution in [3.8, 4) is 0 Å². The van der Waals surface area contributed by atoms with Gasteiger partial charge in [0.2, 0.25) is 29.4 Å². The van der Waals surface area contributed by atoms with Crippen molar-refractivity contribution in [3.05, 3.63) is 48.6 Å². The number of hydrogen-bond acceptors (Lipinski definition) is 8. The molecule has 3 rings (SSSR count). The van der Waals surface area contributed by atoms with Gasteiger partial charge < -0.3 is 35.8 Å². The predicted molar refractivity (Wildman–Crippen MR) is 194 cm³/mol. The van der Waals surface area contributed by atoms with Crippen molar-refractivity contribution in [2.24, 2.45) is 22.7 Å². The molecular formula is C38H56N6O8. The number of ketones is 1. The number of carbonyl (C=O) groups is 7. The van der Waals surface area contributed by atoms with E-state index in [-0.39, 0.29) is 42.5 Å². The molecule has 1 saturated heterocycles. The van der Waals surface area contributed by atoms with E-state index in [9.17, 15) is 33.6 Å². The van der Waals surface area contributed by atoms with Crippen LogP contribution in [0.25, 0.3) is 0 Å². The molecule has 6 amide bonds. The fourth-order valence-corrected chi connectivity index (χ4v) is 6.67. The standard InChI is InChI=1S/C38H56N6O8/c1-12-13-19-24(29(46)32(48)39-20-25(45)41-27(33(49)43(10)11)22-17-15-14-16-18-22)40-31(47)28-26-23(38(26,8)9)21-44(28)34(50)30(36(2,3)4)42-35(51)52-37(5,6)7/h12,14-18,23-24,26-28,30H,1,13,19-21H2,2-11H3,(H,39,48)(H,40,47)(H,41,45)(H,42,51)/t23?,24?,26-,27-,28-,30+/m0/s1. The maximum absolute atomic E-state index is 14.2. The van der Waals surface area contributed by atoms with Crippen LogP contribution >= 0.6 is 0 Å². The van der Waals surface area contributed by atoms with Crippen LogP contribution in [0.5, 0.6) is 0 Å². The van der Waals surface area contributed by atoms with E-state index in [1.54, 1.807) is 92.0 Å². The minimum Gasteiger partial charge on any atom is -0.444 e. The van der Waals surface area contributed by atoms with Crippen LogP contribution in [0.2, 0.25) is 0 Å². The maximum atomic E-state index is 14.2. The smallest absolute Gasteiger partial charge is 0.408 e. The maximum Gasteiger partial charge on any atom is 0.408 e. The summed E-state index contributed by atoms with van der Waals surface area (Å²) in [6, 6.07) is 4.32. The van der Waals surface area contributed by atoms with Crippen molar-refractivity contribution < 1.29 is 38.3 Å². The lowest BCUT2D eigenvalue weighted by atomic mass is 9.85. The summed E-state index contributed by atoms with van der Waals surface area (Å²) in [7, 11) is 3.11. The van der Waals surface area contributed by atoms with Crippen LogP contribution < -0.4 is 21.3 Å². The Morgan fingerprint density at radius 2 is 1.60 bits per heavy atom. The molecule has 0 bridgehead atoms. The van der Waals surface area contributed by atoms with E-state index in [1.165, 1.54) is 9.80 Å². The normalized spacial score (nSPS) is 20.6. The van der Waals surface area contributed by atoms with Crippen molar-refractivity contribution in [2.45, 2.75) is 98.0 Å². The molecule has 4 N–H and O–H groups in total. The van der Waals surface area contributed by atoms with E-state index >= 15 is 0 Å². The predicted octanol–water partition coefficient (Wildman–Crippen LogP) is 2.49. The Balaban J connectivity index is 1.76. The van der Waals surface area contributed by atoms with Crippen molar-refractivity contribution in [1.29, 1.82) is 0 Å². The van der Waals surface area contributed by atoms with Crippen LogP contribution in [0.3, 0.4) is 0 Å². The molecule has 2 unspecified atom stereocenters. The Morgan fingerprint density at radius 1 is 0.981 bits per heavy atom. The molecule has 2 fully saturated rings. The molecular weight excluding hydrogens is 668 g/mol. The lowest BCUT2D eigenvalue weighted by molar-refractivity contribution is -0.145. The first kappa shape index (κ1) is 41.7. The number of nitrogens with one attached hydrogen (secondary N) is 4. The minimum absolute atomic E-state index is 0.0116. The lowest BCUT2D eigenvalue weighted by Crippen LogP contribution is -2.60. The van der Waals surface area contributed by atoms with E-state index in [4.69, 9.17) is 4.74 Å². The molecule has 0 radical (unpaired) electrons. The van der Waals surface area contributed by atoms with Crippen LogP contribution in [0.1, 0.15) is 79.8 Å². The average molecular weight is 725 g/mol. The summed E-state index contributed by atoms with van der Waals surface area (Å²) in [6.07, 6.45) is 1.11. The Morgan fingerprint density at radius 3 is 2.13 bits per heavy atom. The lowest BCUT2D eigenvalue weighted by Gasteiger charge is -2.38. The number of alkyl carbamates (subject to hydrolysis) is 1. The molecule has 0 aromatic heterocycles. The van der Waals surface area contributed by atoms with Crippen molar-refractivity contribution in [3.63, 3.8) is 0 Å². The summed E-state index contributed by atoms with van der Waals surface area (Å²) in [5.41, 5.74) is -1.26. The van der Waals surface area contributed by atoms with Gasteiger partial charge in [-0.1, -0.05) is 71.0 Å².